The molecule has 1 unspecified atom stereocenters. The maximum absolute atomic E-state index is 11.9. The largest absolute Gasteiger partial charge is 0.481 e. The Morgan fingerprint density at radius 1 is 1.19 bits per heavy atom. The molecule has 2 amide bonds. The average Bonchev–Trinajstić information content (AvgIpc) is 2.23. The van der Waals surface area contributed by atoms with Crippen LogP contribution in [0.15, 0.2) is 0 Å². The number of halogens is 3. The quantitative estimate of drug-likeness (QED) is 0.549. The third-order valence-electron chi connectivity index (χ3n) is 2.25. The normalized spacial score (nSPS) is 14.1. The molecule has 0 spiro atoms. The highest BCUT2D eigenvalue weighted by atomic mass is 19.4. The van der Waals surface area contributed by atoms with Crippen molar-refractivity contribution in [1.82, 2.24) is 10.6 Å². The van der Waals surface area contributed by atoms with Gasteiger partial charge < -0.3 is 20.5 Å². The highest BCUT2D eigenvalue weighted by molar-refractivity contribution is 5.97. The number of alkyl halides is 3. The second kappa shape index (κ2) is 7.81. The molecule has 0 bridgehead atoms. The molecule has 122 valence electrons. The summed E-state index contributed by atoms with van der Waals surface area (Å²) >= 11 is 0. The first-order chi connectivity index (χ1) is 9.47. The average molecular weight is 314 g/mol. The van der Waals surface area contributed by atoms with Gasteiger partial charge in [-0.25, -0.2) is 0 Å². The number of carbonyl (C=O) groups is 3. The molecule has 0 saturated carbocycles. The first-order valence-electron chi connectivity index (χ1n) is 5.82. The minimum absolute atomic E-state index is 0.130. The lowest BCUT2D eigenvalue weighted by molar-refractivity contribution is -0.142. The number of aliphatic carboxylic acids is 1. The van der Waals surface area contributed by atoms with Gasteiger partial charge in [0.2, 0.25) is 11.8 Å². The Bertz CT molecular complexity index is 400. The van der Waals surface area contributed by atoms with E-state index in [0.717, 1.165) is 0 Å². The van der Waals surface area contributed by atoms with Crippen LogP contribution in [0.3, 0.4) is 0 Å². The van der Waals surface area contributed by atoms with Crippen LogP contribution in [0.1, 0.15) is 19.8 Å². The van der Waals surface area contributed by atoms with Crippen molar-refractivity contribution in [2.45, 2.75) is 31.5 Å². The van der Waals surface area contributed by atoms with Gasteiger partial charge in [0.1, 0.15) is 13.0 Å². The predicted octanol–water partition coefficient (Wildman–Crippen LogP) is 0.0510. The molecule has 0 aliphatic carbocycles. The summed E-state index contributed by atoms with van der Waals surface area (Å²) in [6, 6.07) is 0. The SMILES string of the molecule is COCC(C)(CC(=O)O)NC(=O)CC(=O)NCC(F)(F)F. The van der Waals surface area contributed by atoms with Crippen molar-refractivity contribution in [3.8, 4) is 0 Å². The fourth-order valence-electron chi connectivity index (χ4n) is 1.57. The molecule has 21 heavy (non-hydrogen) atoms. The van der Waals surface area contributed by atoms with Crippen LogP contribution in [0.25, 0.3) is 0 Å². The molecule has 0 rings (SSSR count). The maximum Gasteiger partial charge on any atom is 0.405 e. The molecule has 3 N–H and O–H groups in total. The summed E-state index contributed by atoms with van der Waals surface area (Å²) in [5.74, 6) is -3.20. The molecular formula is C11H17F3N2O5. The Kier molecular flexibility index (Phi) is 7.13. The summed E-state index contributed by atoms with van der Waals surface area (Å²) in [6.45, 7) is -0.283. The van der Waals surface area contributed by atoms with E-state index in [0.29, 0.717) is 0 Å². The van der Waals surface area contributed by atoms with Gasteiger partial charge in [0, 0.05) is 7.11 Å². The van der Waals surface area contributed by atoms with Crippen molar-refractivity contribution in [3.05, 3.63) is 0 Å². The monoisotopic (exact) mass is 314 g/mol. The molecule has 0 heterocycles. The molecule has 0 fully saturated rings. The van der Waals surface area contributed by atoms with Crippen molar-refractivity contribution in [3.63, 3.8) is 0 Å². The highest BCUT2D eigenvalue weighted by Crippen LogP contribution is 2.13. The highest BCUT2D eigenvalue weighted by Gasteiger charge is 2.31. The second-order valence-corrected chi connectivity index (χ2v) is 4.68. The lowest BCUT2D eigenvalue weighted by atomic mass is 9.98. The van der Waals surface area contributed by atoms with E-state index in [4.69, 9.17) is 9.84 Å². The van der Waals surface area contributed by atoms with Crippen molar-refractivity contribution in [1.29, 1.82) is 0 Å². The topological polar surface area (TPSA) is 105 Å². The Balaban J connectivity index is 4.44. The van der Waals surface area contributed by atoms with Crippen molar-refractivity contribution >= 4 is 17.8 Å². The molecule has 10 heteroatoms. The van der Waals surface area contributed by atoms with E-state index in [2.05, 4.69) is 5.32 Å². The zero-order valence-corrected chi connectivity index (χ0v) is 11.5. The van der Waals surface area contributed by atoms with Crippen molar-refractivity contribution in [2.24, 2.45) is 0 Å². The van der Waals surface area contributed by atoms with Crippen molar-refractivity contribution in [2.75, 3.05) is 20.3 Å². The zero-order chi connectivity index (χ0) is 16.7. The van der Waals surface area contributed by atoms with Gasteiger partial charge in [-0.05, 0) is 6.92 Å². The van der Waals surface area contributed by atoms with E-state index in [9.17, 15) is 27.6 Å². The minimum Gasteiger partial charge on any atom is -0.481 e. The van der Waals surface area contributed by atoms with Crippen LogP contribution in [0.5, 0.6) is 0 Å². The number of carboxylic acid groups (broad SMARTS) is 1. The number of carboxylic acids is 1. The van der Waals surface area contributed by atoms with Crippen molar-refractivity contribution < 1.29 is 37.4 Å². The third-order valence-corrected chi connectivity index (χ3v) is 2.25. The smallest absolute Gasteiger partial charge is 0.405 e. The molecule has 7 nitrogen and oxygen atoms in total. The van der Waals surface area contributed by atoms with Gasteiger partial charge in [-0.15, -0.1) is 0 Å². The maximum atomic E-state index is 11.9. The summed E-state index contributed by atoms with van der Waals surface area (Å²) in [7, 11) is 1.29. The number of methoxy groups -OCH3 is 1. The Morgan fingerprint density at radius 2 is 1.76 bits per heavy atom. The number of nitrogens with one attached hydrogen (secondary N) is 2. The number of carbonyl (C=O) groups excluding carboxylic acids is 2. The summed E-state index contributed by atoms with van der Waals surface area (Å²) < 4.78 is 40.4. The first-order valence-corrected chi connectivity index (χ1v) is 5.82. The molecule has 0 saturated heterocycles. The third kappa shape index (κ3) is 9.66. The van der Waals surface area contributed by atoms with Gasteiger partial charge in [0.25, 0.3) is 0 Å². The first kappa shape index (κ1) is 19.2. The second-order valence-electron chi connectivity index (χ2n) is 4.68. The Morgan fingerprint density at radius 3 is 2.19 bits per heavy atom. The van der Waals surface area contributed by atoms with Crippen LogP contribution in [0, 0.1) is 0 Å². The Hall–Kier alpha value is -1.84. The van der Waals surface area contributed by atoms with Gasteiger partial charge in [0.15, 0.2) is 0 Å². The fraction of sp³-hybridized carbons (Fsp3) is 0.727. The number of hydrogen-bond acceptors (Lipinski definition) is 4. The standard InChI is InChI=1S/C11H17F3N2O5/c1-10(6-21-2,4-9(19)20)16-8(18)3-7(17)15-5-11(12,13)14/h3-6H2,1-2H3,(H,15,17)(H,16,18)(H,19,20). The van der Waals surface area contributed by atoms with Crippen LogP contribution in [0.2, 0.25) is 0 Å². The molecule has 0 aromatic carbocycles. The zero-order valence-electron chi connectivity index (χ0n) is 11.5. The summed E-state index contributed by atoms with van der Waals surface area (Å²) in [5, 5.41) is 12.5. The number of rotatable bonds is 8. The lowest BCUT2D eigenvalue weighted by Gasteiger charge is -2.28. The molecule has 0 radical (unpaired) electrons. The van der Waals surface area contributed by atoms with Gasteiger partial charge in [-0.3, -0.25) is 14.4 Å². The summed E-state index contributed by atoms with van der Waals surface area (Å²) in [6.07, 6.45) is -5.87. The molecule has 0 aromatic rings. The molecule has 0 aliphatic heterocycles. The molecule has 0 aliphatic rings. The molecular weight excluding hydrogens is 297 g/mol. The lowest BCUT2D eigenvalue weighted by Crippen LogP contribution is -2.51. The van der Waals surface area contributed by atoms with Crippen LogP contribution in [-0.2, 0) is 19.1 Å². The predicted molar refractivity (Wildman–Crippen MR) is 64.4 cm³/mol. The van der Waals surface area contributed by atoms with Gasteiger partial charge in [-0.2, -0.15) is 13.2 Å². The van der Waals surface area contributed by atoms with Gasteiger partial charge in [0.05, 0.1) is 18.6 Å². The van der Waals surface area contributed by atoms with E-state index < -0.39 is 48.9 Å². The van der Waals surface area contributed by atoms with E-state index >= 15 is 0 Å². The van der Waals surface area contributed by atoms with Crippen LogP contribution < -0.4 is 10.6 Å². The van der Waals surface area contributed by atoms with E-state index in [1.807, 2.05) is 0 Å². The number of amides is 2. The van der Waals surface area contributed by atoms with Crippen LogP contribution in [0.4, 0.5) is 13.2 Å². The van der Waals surface area contributed by atoms with Crippen LogP contribution >= 0.6 is 0 Å². The van der Waals surface area contributed by atoms with E-state index in [1.54, 1.807) is 0 Å². The van der Waals surface area contributed by atoms with E-state index in [1.165, 1.54) is 19.4 Å². The summed E-state index contributed by atoms with van der Waals surface area (Å²) in [5.41, 5.74) is -1.26. The molecule has 0 aromatic heterocycles. The number of hydrogen-bond donors (Lipinski definition) is 3. The molecule has 1 atom stereocenters. The van der Waals surface area contributed by atoms with E-state index in [-0.39, 0.29) is 6.61 Å². The summed E-state index contributed by atoms with van der Waals surface area (Å²) in [4.78, 5) is 33.4. The number of ether oxygens (including phenoxy) is 1. The van der Waals surface area contributed by atoms with Gasteiger partial charge >= 0.3 is 12.1 Å². The van der Waals surface area contributed by atoms with Gasteiger partial charge in [-0.1, -0.05) is 0 Å². The Labute approximate surface area is 118 Å². The fourth-order valence-corrected chi connectivity index (χ4v) is 1.57. The minimum atomic E-state index is -4.57. The van der Waals surface area contributed by atoms with Crippen LogP contribution in [-0.4, -0.2) is 54.9 Å².